The molecule has 0 N–H and O–H groups in total. The fourth-order valence-corrected chi connectivity index (χ4v) is 2.71. The van der Waals surface area contributed by atoms with Crippen LogP contribution in [0, 0.1) is 25.5 Å². The normalized spacial score (nSPS) is 10.7. The van der Waals surface area contributed by atoms with Crippen LogP contribution in [0.3, 0.4) is 0 Å². The highest BCUT2D eigenvalue weighted by molar-refractivity contribution is 7.11. The van der Waals surface area contributed by atoms with Crippen LogP contribution in [0.5, 0.6) is 5.75 Å². The first kappa shape index (κ1) is 14.6. The molecule has 2 rings (SSSR count). The van der Waals surface area contributed by atoms with Crippen molar-refractivity contribution in [1.82, 2.24) is 4.98 Å². The lowest BCUT2D eigenvalue weighted by Gasteiger charge is -2.10. The van der Waals surface area contributed by atoms with Crippen LogP contribution < -0.4 is 4.74 Å². The zero-order valence-electron chi connectivity index (χ0n) is 11.3. The first-order valence-electron chi connectivity index (χ1n) is 5.94. The van der Waals surface area contributed by atoms with Crippen LogP contribution in [0.25, 0.3) is 0 Å². The molecule has 0 aliphatic carbocycles. The highest BCUT2D eigenvalue weighted by Crippen LogP contribution is 2.26. The van der Waals surface area contributed by atoms with Crippen LogP contribution in [0.1, 0.15) is 32.9 Å². The lowest BCUT2D eigenvalue weighted by atomic mass is 10.1. The second kappa shape index (κ2) is 5.66. The van der Waals surface area contributed by atoms with Crippen molar-refractivity contribution in [2.45, 2.75) is 27.4 Å². The van der Waals surface area contributed by atoms with Gasteiger partial charge in [0.15, 0.2) is 5.78 Å². The molecule has 0 aliphatic heterocycles. The highest BCUT2D eigenvalue weighted by atomic mass is 32.1. The third-order valence-electron chi connectivity index (χ3n) is 2.73. The molecule has 0 saturated carbocycles. The van der Waals surface area contributed by atoms with E-state index in [0.29, 0.717) is 6.07 Å². The Morgan fingerprint density at radius 2 is 2.05 bits per heavy atom. The minimum atomic E-state index is -0.912. The Balaban J connectivity index is 2.29. The number of hydrogen-bond acceptors (Lipinski definition) is 4. The van der Waals surface area contributed by atoms with Crippen molar-refractivity contribution in [3.8, 4) is 5.75 Å². The number of halogens is 2. The summed E-state index contributed by atoms with van der Waals surface area (Å²) in [6, 6.07) is 1.69. The second-order valence-electron chi connectivity index (χ2n) is 4.35. The van der Waals surface area contributed by atoms with Crippen molar-refractivity contribution in [3.05, 3.63) is 44.9 Å². The van der Waals surface area contributed by atoms with Crippen LogP contribution in [-0.2, 0) is 6.61 Å². The average Bonchev–Trinajstić information content (AvgIpc) is 2.63. The maximum absolute atomic E-state index is 13.6. The minimum Gasteiger partial charge on any atom is -0.487 e. The maximum atomic E-state index is 13.6. The third kappa shape index (κ3) is 3.01. The number of rotatable bonds is 4. The predicted octanol–water partition coefficient (Wildman–Crippen LogP) is 3.82. The van der Waals surface area contributed by atoms with Crippen LogP contribution in [-0.4, -0.2) is 10.8 Å². The van der Waals surface area contributed by atoms with E-state index < -0.39 is 17.4 Å². The number of hydrogen-bond donors (Lipinski definition) is 0. The maximum Gasteiger partial charge on any atom is 0.166 e. The van der Waals surface area contributed by atoms with Gasteiger partial charge in [0, 0.05) is 12.1 Å². The smallest absolute Gasteiger partial charge is 0.166 e. The van der Waals surface area contributed by atoms with Gasteiger partial charge in [0.05, 0.1) is 21.1 Å². The van der Waals surface area contributed by atoms with Gasteiger partial charge in [-0.2, -0.15) is 0 Å². The van der Waals surface area contributed by atoms with E-state index in [2.05, 4.69) is 4.98 Å². The van der Waals surface area contributed by atoms with Crippen molar-refractivity contribution in [1.29, 1.82) is 0 Å². The van der Waals surface area contributed by atoms with Crippen molar-refractivity contribution in [2.24, 2.45) is 0 Å². The number of Topliss-reactive ketones (excluding diaryl/α,β-unsaturated/α-hetero) is 1. The molecular weight excluding hydrogens is 284 g/mol. The molecule has 1 heterocycles. The molecule has 0 atom stereocenters. The average molecular weight is 297 g/mol. The van der Waals surface area contributed by atoms with Crippen LogP contribution in [0.4, 0.5) is 8.78 Å². The molecule has 0 saturated heterocycles. The summed E-state index contributed by atoms with van der Waals surface area (Å²) >= 11 is 1.45. The summed E-state index contributed by atoms with van der Waals surface area (Å²) in [5, 5.41) is 0.887. The zero-order valence-corrected chi connectivity index (χ0v) is 12.1. The van der Waals surface area contributed by atoms with Crippen LogP contribution >= 0.6 is 11.3 Å². The molecule has 3 nitrogen and oxygen atoms in total. The molecule has 106 valence electrons. The lowest BCUT2D eigenvalue weighted by molar-refractivity contribution is 0.100. The quantitative estimate of drug-likeness (QED) is 0.805. The van der Waals surface area contributed by atoms with Crippen molar-refractivity contribution in [3.63, 3.8) is 0 Å². The summed E-state index contributed by atoms with van der Waals surface area (Å²) in [7, 11) is 0. The molecule has 0 fully saturated rings. The predicted molar refractivity (Wildman–Crippen MR) is 72.3 cm³/mol. The Morgan fingerprint density at radius 1 is 1.35 bits per heavy atom. The van der Waals surface area contributed by atoms with E-state index in [4.69, 9.17) is 4.74 Å². The van der Waals surface area contributed by atoms with Gasteiger partial charge in [0.25, 0.3) is 0 Å². The van der Waals surface area contributed by atoms with Gasteiger partial charge < -0.3 is 4.74 Å². The minimum absolute atomic E-state index is 0.0829. The molecule has 20 heavy (non-hydrogen) atoms. The van der Waals surface area contributed by atoms with E-state index in [-0.39, 0.29) is 17.9 Å². The molecular formula is C14H13F2NO2S. The van der Waals surface area contributed by atoms with Crippen LogP contribution in [0.2, 0.25) is 0 Å². The SMILES string of the molecule is CC(=O)c1c(F)cc(F)cc1OCc1sc(C)nc1C. The van der Waals surface area contributed by atoms with Gasteiger partial charge in [-0.25, -0.2) is 13.8 Å². The van der Waals surface area contributed by atoms with Gasteiger partial charge in [-0.15, -0.1) is 11.3 Å². The number of ether oxygens (including phenoxy) is 1. The molecule has 6 heteroatoms. The van der Waals surface area contributed by atoms with Crippen molar-refractivity contribution >= 4 is 17.1 Å². The molecule has 0 unspecified atom stereocenters. The fourth-order valence-electron chi connectivity index (χ4n) is 1.86. The third-order valence-corrected chi connectivity index (χ3v) is 3.78. The van der Waals surface area contributed by atoms with Gasteiger partial charge >= 0.3 is 0 Å². The number of thiazole rings is 1. The molecule has 1 aromatic carbocycles. The number of carbonyl (C=O) groups excluding carboxylic acids is 1. The highest BCUT2D eigenvalue weighted by Gasteiger charge is 2.17. The summed E-state index contributed by atoms with van der Waals surface area (Å²) in [5.41, 5.74) is 0.582. The van der Waals surface area contributed by atoms with E-state index in [1.165, 1.54) is 18.3 Å². The first-order chi connectivity index (χ1) is 9.38. The van der Waals surface area contributed by atoms with E-state index in [1.807, 2.05) is 13.8 Å². The number of benzene rings is 1. The largest absolute Gasteiger partial charge is 0.487 e. The summed E-state index contributed by atoms with van der Waals surface area (Å²) in [6.45, 7) is 5.04. The summed E-state index contributed by atoms with van der Waals surface area (Å²) in [5.74, 6) is -2.28. The molecule has 1 aromatic heterocycles. The summed E-state index contributed by atoms with van der Waals surface area (Å²) in [4.78, 5) is 16.5. The Kier molecular flexibility index (Phi) is 4.13. The first-order valence-corrected chi connectivity index (χ1v) is 6.76. The molecule has 0 bridgehead atoms. The number of carbonyl (C=O) groups is 1. The summed E-state index contributed by atoms with van der Waals surface area (Å²) < 4.78 is 32.3. The molecule has 0 spiro atoms. The monoisotopic (exact) mass is 297 g/mol. The van der Waals surface area contributed by atoms with E-state index in [1.54, 1.807) is 0 Å². The molecule has 0 aliphatic rings. The van der Waals surface area contributed by atoms with Crippen molar-refractivity contribution in [2.75, 3.05) is 0 Å². The topological polar surface area (TPSA) is 39.2 Å². The second-order valence-corrected chi connectivity index (χ2v) is 5.63. The fraction of sp³-hybridized carbons (Fsp3) is 0.286. The zero-order chi connectivity index (χ0) is 14.9. The van der Waals surface area contributed by atoms with Gasteiger partial charge in [0.2, 0.25) is 0 Å². The Bertz CT molecular complexity index is 667. The number of aromatic nitrogens is 1. The molecule has 2 aromatic rings. The standard InChI is InChI=1S/C14H13F2NO2S/c1-7-13(20-9(3)17-7)6-19-12-5-10(15)4-11(16)14(12)8(2)18/h4-5H,6H2,1-3H3. The van der Waals surface area contributed by atoms with Crippen molar-refractivity contribution < 1.29 is 18.3 Å². The number of ketones is 1. The Morgan fingerprint density at radius 3 is 2.60 bits per heavy atom. The van der Waals surface area contributed by atoms with Gasteiger partial charge in [0.1, 0.15) is 24.0 Å². The van der Waals surface area contributed by atoms with E-state index in [9.17, 15) is 13.6 Å². The molecule has 0 radical (unpaired) electrons. The van der Waals surface area contributed by atoms with E-state index in [0.717, 1.165) is 21.6 Å². The van der Waals surface area contributed by atoms with Gasteiger partial charge in [-0.1, -0.05) is 0 Å². The Hall–Kier alpha value is -1.82. The van der Waals surface area contributed by atoms with E-state index >= 15 is 0 Å². The number of aryl methyl sites for hydroxylation is 2. The number of nitrogens with zero attached hydrogens (tertiary/aromatic N) is 1. The summed E-state index contributed by atoms with van der Waals surface area (Å²) in [6.07, 6.45) is 0. The van der Waals surface area contributed by atoms with Gasteiger partial charge in [-0.3, -0.25) is 4.79 Å². The lowest BCUT2D eigenvalue weighted by Crippen LogP contribution is -2.05. The Labute approximate surface area is 119 Å². The van der Waals surface area contributed by atoms with Gasteiger partial charge in [-0.05, 0) is 20.8 Å². The molecule has 0 amide bonds. The van der Waals surface area contributed by atoms with Crippen LogP contribution in [0.15, 0.2) is 12.1 Å².